The van der Waals surface area contributed by atoms with Gasteiger partial charge in [0.25, 0.3) is 0 Å². The van der Waals surface area contributed by atoms with Gasteiger partial charge in [-0.25, -0.2) is 0 Å². The SMILES string of the molecule is NC1([CH]C2(N)CCCCC2)CCCCC1. The first-order valence-corrected chi connectivity index (χ1v) is 6.57. The van der Waals surface area contributed by atoms with E-state index >= 15 is 0 Å². The first kappa shape index (κ1) is 11.4. The third-order valence-electron chi connectivity index (χ3n) is 4.14. The minimum Gasteiger partial charge on any atom is -0.325 e. The van der Waals surface area contributed by atoms with Crippen LogP contribution in [0.15, 0.2) is 0 Å². The predicted octanol–water partition coefficient (Wildman–Crippen LogP) is 2.51. The molecule has 1 radical (unpaired) electrons. The summed E-state index contributed by atoms with van der Waals surface area (Å²) < 4.78 is 0. The fourth-order valence-electron chi connectivity index (χ4n) is 3.28. The summed E-state index contributed by atoms with van der Waals surface area (Å²) >= 11 is 0. The highest BCUT2D eigenvalue weighted by atomic mass is 14.8. The van der Waals surface area contributed by atoms with Gasteiger partial charge in [0.15, 0.2) is 0 Å². The highest BCUT2D eigenvalue weighted by molar-refractivity contribution is 5.12. The molecule has 0 aliphatic heterocycles. The average Bonchev–Trinajstić information content (AvgIpc) is 2.18. The van der Waals surface area contributed by atoms with Gasteiger partial charge >= 0.3 is 0 Å². The Morgan fingerprint density at radius 2 is 0.933 bits per heavy atom. The van der Waals surface area contributed by atoms with Crippen molar-refractivity contribution in [2.75, 3.05) is 0 Å². The predicted molar refractivity (Wildman–Crippen MR) is 64.3 cm³/mol. The van der Waals surface area contributed by atoms with Crippen LogP contribution in [-0.2, 0) is 0 Å². The van der Waals surface area contributed by atoms with Gasteiger partial charge in [-0.05, 0) is 25.7 Å². The standard InChI is InChI=1S/C13H25N2/c14-12(7-3-1-4-8-12)11-13(15)9-5-2-6-10-13/h11H,1-10,14-15H2. The lowest BCUT2D eigenvalue weighted by molar-refractivity contribution is 0.252. The molecule has 0 aromatic heterocycles. The molecule has 0 unspecified atom stereocenters. The van der Waals surface area contributed by atoms with Gasteiger partial charge < -0.3 is 11.5 Å². The Hall–Kier alpha value is -0.0800. The summed E-state index contributed by atoms with van der Waals surface area (Å²) in [6.45, 7) is 0. The lowest BCUT2D eigenvalue weighted by Gasteiger charge is -2.43. The molecular weight excluding hydrogens is 184 g/mol. The van der Waals surface area contributed by atoms with E-state index in [2.05, 4.69) is 6.42 Å². The molecular formula is C13H25N2. The third kappa shape index (κ3) is 2.94. The molecule has 2 saturated carbocycles. The Bertz CT molecular complexity index is 179. The van der Waals surface area contributed by atoms with Crippen molar-refractivity contribution in [2.24, 2.45) is 11.5 Å². The second kappa shape index (κ2) is 4.42. The van der Waals surface area contributed by atoms with Crippen LogP contribution >= 0.6 is 0 Å². The van der Waals surface area contributed by atoms with Crippen LogP contribution in [0.5, 0.6) is 0 Å². The normalized spacial score (nSPS) is 30.0. The summed E-state index contributed by atoms with van der Waals surface area (Å²) in [5, 5.41) is 0. The van der Waals surface area contributed by atoms with Crippen LogP contribution in [0, 0.1) is 6.42 Å². The van der Waals surface area contributed by atoms with E-state index in [0.717, 1.165) is 25.7 Å². The fraction of sp³-hybridized carbons (Fsp3) is 0.923. The van der Waals surface area contributed by atoms with Gasteiger partial charge in [0.05, 0.1) is 0 Å². The highest BCUT2D eigenvalue weighted by Crippen LogP contribution is 2.37. The summed E-state index contributed by atoms with van der Waals surface area (Å²) in [4.78, 5) is 0. The van der Waals surface area contributed by atoms with Crippen LogP contribution in [-0.4, -0.2) is 11.1 Å². The Balaban J connectivity index is 1.93. The number of rotatable bonds is 2. The zero-order valence-electron chi connectivity index (χ0n) is 9.80. The van der Waals surface area contributed by atoms with Crippen LogP contribution in [0.2, 0.25) is 0 Å². The van der Waals surface area contributed by atoms with Crippen LogP contribution in [0.4, 0.5) is 0 Å². The monoisotopic (exact) mass is 209 g/mol. The Morgan fingerprint density at radius 1 is 0.600 bits per heavy atom. The molecule has 2 fully saturated rings. The van der Waals surface area contributed by atoms with E-state index in [9.17, 15) is 0 Å². The van der Waals surface area contributed by atoms with Crippen molar-refractivity contribution < 1.29 is 0 Å². The van der Waals surface area contributed by atoms with Gasteiger partial charge in [0.2, 0.25) is 0 Å². The molecule has 2 aliphatic rings. The Labute approximate surface area is 93.8 Å². The number of hydrogen-bond acceptors (Lipinski definition) is 2. The first-order valence-electron chi connectivity index (χ1n) is 6.57. The van der Waals surface area contributed by atoms with Crippen molar-refractivity contribution in [1.29, 1.82) is 0 Å². The fourth-order valence-corrected chi connectivity index (χ4v) is 3.28. The van der Waals surface area contributed by atoms with Crippen molar-refractivity contribution >= 4 is 0 Å². The number of hydrogen-bond donors (Lipinski definition) is 2. The van der Waals surface area contributed by atoms with Gasteiger partial charge in [0, 0.05) is 17.5 Å². The minimum atomic E-state index is -0.0512. The zero-order chi connectivity index (χ0) is 10.8. The largest absolute Gasteiger partial charge is 0.325 e. The molecule has 2 aliphatic carbocycles. The second-order valence-corrected chi connectivity index (χ2v) is 5.73. The molecule has 0 aromatic rings. The van der Waals surface area contributed by atoms with E-state index in [4.69, 9.17) is 11.5 Å². The Morgan fingerprint density at radius 3 is 1.27 bits per heavy atom. The van der Waals surface area contributed by atoms with E-state index in [-0.39, 0.29) is 11.1 Å². The lowest BCUT2D eigenvalue weighted by atomic mass is 9.69. The molecule has 4 N–H and O–H groups in total. The topological polar surface area (TPSA) is 52.0 Å². The summed E-state index contributed by atoms with van der Waals surface area (Å²) in [6.07, 6.45) is 14.7. The van der Waals surface area contributed by atoms with E-state index in [1.54, 1.807) is 0 Å². The smallest absolute Gasteiger partial charge is 0.0204 e. The van der Waals surface area contributed by atoms with Gasteiger partial charge in [-0.1, -0.05) is 38.5 Å². The Kier molecular flexibility index (Phi) is 3.36. The summed E-state index contributed by atoms with van der Waals surface area (Å²) in [6, 6.07) is 0. The molecule has 2 rings (SSSR count). The molecule has 0 saturated heterocycles. The lowest BCUT2D eigenvalue weighted by Crippen LogP contribution is -2.54. The molecule has 0 aromatic carbocycles. The van der Waals surface area contributed by atoms with Crippen LogP contribution < -0.4 is 11.5 Å². The molecule has 15 heavy (non-hydrogen) atoms. The van der Waals surface area contributed by atoms with E-state index in [1.807, 2.05) is 0 Å². The van der Waals surface area contributed by atoms with Crippen LogP contribution in [0.25, 0.3) is 0 Å². The van der Waals surface area contributed by atoms with Crippen LogP contribution in [0.1, 0.15) is 64.2 Å². The summed E-state index contributed by atoms with van der Waals surface area (Å²) in [7, 11) is 0. The quantitative estimate of drug-likeness (QED) is 0.734. The second-order valence-electron chi connectivity index (χ2n) is 5.73. The minimum absolute atomic E-state index is 0.0512. The molecule has 2 heteroatoms. The van der Waals surface area contributed by atoms with Crippen molar-refractivity contribution in [3.63, 3.8) is 0 Å². The zero-order valence-corrected chi connectivity index (χ0v) is 9.80. The first-order chi connectivity index (χ1) is 7.12. The molecule has 0 amide bonds. The highest BCUT2D eigenvalue weighted by Gasteiger charge is 2.38. The van der Waals surface area contributed by atoms with E-state index in [1.165, 1.54) is 38.5 Å². The maximum Gasteiger partial charge on any atom is 0.0204 e. The molecule has 0 bridgehead atoms. The van der Waals surface area contributed by atoms with Crippen molar-refractivity contribution in [3.8, 4) is 0 Å². The molecule has 2 nitrogen and oxygen atoms in total. The maximum absolute atomic E-state index is 6.44. The van der Waals surface area contributed by atoms with Crippen molar-refractivity contribution in [2.45, 2.75) is 75.3 Å². The maximum atomic E-state index is 6.44. The van der Waals surface area contributed by atoms with Gasteiger partial charge in [0.1, 0.15) is 0 Å². The summed E-state index contributed by atoms with van der Waals surface area (Å²) in [5.74, 6) is 0. The number of nitrogens with two attached hydrogens (primary N) is 2. The molecule has 0 heterocycles. The molecule has 0 spiro atoms. The van der Waals surface area contributed by atoms with E-state index < -0.39 is 0 Å². The van der Waals surface area contributed by atoms with Crippen molar-refractivity contribution in [3.05, 3.63) is 6.42 Å². The van der Waals surface area contributed by atoms with Crippen molar-refractivity contribution in [1.82, 2.24) is 0 Å². The van der Waals surface area contributed by atoms with Crippen LogP contribution in [0.3, 0.4) is 0 Å². The van der Waals surface area contributed by atoms with Gasteiger partial charge in [-0.15, -0.1) is 0 Å². The third-order valence-corrected chi connectivity index (χ3v) is 4.14. The summed E-state index contributed by atoms with van der Waals surface area (Å²) in [5.41, 5.74) is 12.8. The van der Waals surface area contributed by atoms with E-state index in [0.29, 0.717) is 0 Å². The molecule has 0 atom stereocenters. The van der Waals surface area contributed by atoms with Gasteiger partial charge in [-0.2, -0.15) is 0 Å². The average molecular weight is 209 g/mol. The molecule has 87 valence electrons. The van der Waals surface area contributed by atoms with Gasteiger partial charge in [-0.3, -0.25) is 0 Å².